The zero-order valence-corrected chi connectivity index (χ0v) is 16.8. The third kappa shape index (κ3) is 6.02. The smallest absolute Gasteiger partial charge is 0.377 e. The third-order valence-corrected chi connectivity index (χ3v) is 4.56. The van der Waals surface area contributed by atoms with Crippen molar-refractivity contribution in [2.75, 3.05) is 6.61 Å². The van der Waals surface area contributed by atoms with Gasteiger partial charge in [0.05, 0.1) is 12.2 Å². The van der Waals surface area contributed by atoms with Crippen LogP contribution in [0.1, 0.15) is 40.4 Å². The molecule has 0 fully saturated rings. The van der Waals surface area contributed by atoms with E-state index in [1.807, 2.05) is 60.7 Å². The van der Waals surface area contributed by atoms with E-state index in [-0.39, 0.29) is 30.3 Å². The predicted molar refractivity (Wildman–Crippen MR) is 114 cm³/mol. The monoisotopic (exact) mass is 418 g/mol. The van der Waals surface area contributed by atoms with Crippen molar-refractivity contribution in [2.45, 2.75) is 18.9 Å². The van der Waals surface area contributed by atoms with Crippen molar-refractivity contribution < 1.29 is 29.0 Å². The summed E-state index contributed by atoms with van der Waals surface area (Å²) in [7, 11) is 0. The number of hydrogen-bond donors (Lipinski definition) is 1. The second kappa shape index (κ2) is 10.7. The molecule has 6 heteroatoms. The number of esters is 1. The van der Waals surface area contributed by atoms with Crippen LogP contribution in [-0.2, 0) is 14.3 Å². The fraction of sp³-hybridized carbons (Fsp3) is 0.160. The first-order valence-electron chi connectivity index (χ1n) is 9.85. The molecule has 0 aromatic heterocycles. The Morgan fingerprint density at radius 1 is 0.774 bits per heavy atom. The summed E-state index contributed by atoms with van der Waals surface area (Å²) < 4.78 is 11.3. The standard InChI is InChI=1S/C25H22O6/c26-22(16-9-17-30-21-15-8-7-14-20(21)23(27)25(28)29)31-24(18-10-3-1-4-11-18)19-12-5-2-6-13-19/h1-8,10-15,24H,9,16-17H2,(H,28,29). The molecule has 1 N–H and O–H groups in total. The average molecular weight is 418 g/mol. The number of ketones is 1. The van der Waals surface area contributed by atoms with E-state index < -0.39 is 17.9 Å². The first-order chi connectivity index (χ1) is 15.1. The highest BCUT2D eigenvalue weighted by molar-refractivity contribution is 6.40. The van der Waals surface area contributed by atoms with Gasteiger partial charge in [0.2, 0.25) is 0 Å². The van der Waals surface area contributed by atoms with Crippen LogP contribution < -0.4 is 4.74 Å². The first-order valence-corrected chi connectivity index (χ1v) is 9.85. The van der Waals surface area contributed by atoms with Crippen LogP contribution in [0, 0.1) is 0 Å². The summed E-state index contributed by atoms with van der Waals surface area (Å²) in [5.74, 6) is -2.79. The number of carbonyl (C=O) groups is 3. The molecule has 0 atom stereocenters. The van der Waals surface area contributed by atoms with Crippen molar-refractivity contribution in [1.29, 1.82) is 0 Å². The highest BCUT2D eigenvalue weighted by atomic mass is 16.5. The maximum absolute atomic E-state index is 12.5. The summed E-state index contributed by atoms with van der Waals surface area (Å²) in [6.45, 7) is 0.139. The minimum atomic E-state index is -1.55. The molecule has 0 saturated heterocycles. The number of ether oxygens (including phenoxy) is 2. The number of Topliss-reactive ketones (excluding diaryl/α,β-unsaturated/α-hetero) is 1. The molecule has 31 heavy (non-hydrogen) atoms. The van der Waals surface area contributed by atoms with Gasteiger partial charge in [-0.05, 0) is 29.7 Å². The SMILES string of the molecule is O=C(CCCOc1ccccc1C(=O)C(=O)O)OC(c1ccccc1)c1ccccc1. The maximum Gasteiger partial charge on any atom is 0.377 e. The largest absolute Gasteiger partial charge is 0.493 e. The molecule has 0 heterocycles. The topological polar surface area (TPSA) is 89.9 Å². The summed E-state index contributed by atoms with van der Waals surface area (Å²) >= 11 is 0. The van der Waals surface area contributed by atoms with E-state index in [0.29, 0.717) is 6.42 Å². The van der Waals surface area contributed by atoms with Crippen molar-refractivity contribution in [3.05, 3.63) is 102 Å². The Bertz CT molecular complexity index is 991. The van der Waals surface area contributed by atoms with Crippen molar-refractivity contribution in [2.24, 2.45) is 0 Å². The van der Waals surface area contributed by atoms with Crippen LogP contribution in [0.25, 0.3) is 0 Å². The van der Waals surface area contributed by atoms with E-state index >= 15 is 0 Å². The molecule has 0 aliphatic carbocycles. The summed E-state index contributed by atoms with van der Waals surface area (Å²) in [5.41, 5.74) is 1.73. The molecular formula is C25H22O6. The van der Waals surface area contributed by atoms with Gasteiger partial charge >= 0.3 is 11.9 Å². The molecule has 158 valence electrons. The van der Waals surface area contributed by atoms with Crippen LogP contribution in [0.4, 0.5) is 0 Å². The van der Waals surface area contributed by atoms with Gasteiger partial charge in [-0.2, -0.15) is 0 Å². The Balaban J connectivity index is 1.57. The molecule has 0 unspecified atom stereocenters. The lowest BCUT2D eigenvalue weighted by Crippen LogP contribution is -2.15. The third-order valence-electron chi connectivity index (χ3n) is 4.56. The van der Waals surface area contributed by atoms with Crippen LogP contribution in [-0.4, -0.2) is 29.4 Å². The molecule has 0 radical (unpaired) electrons. The molecule has 3 aromatic rings. The van der Waals surface area contributed by atoms with Crippen molar-refractivity contribution in [3.8, 4) is 5.75 Å². The van der Waals surface area contributed by atoms with Gasteiger partial charge in [-0.1, -0.05) is 72.8 Å². The predicted octanol–water partition coefficient (Wildman–Crippen LogP) is 4.45. The number of aliphatic carboxylic acids is 1. The van der Waals surface area contributed by atoms with Crippen LogP contribution in [0.3, 0.4) is 0 Å². The highest BCUT2D eigenvalue weighted by Crippen LogP contribution is 2.26. The van der Waals surface area contributed by atoms with Crippen LogP contribution in [0.15, 0.2) is 84.9 Å². The van der Waals surface area contributed by atoms with E-state index in [9.17, 15) is 14.4 Å². The van der Waals surface area contributed by atoms with Crippen LogP contribution in [0.5, 0.6) is 5.75 Å². The first kappa shape index (κ1) is 21.8. The number of carbonyl (C=O) groups excluding carboxylic acids is 2. The van der Waals surface area contributed by atoms with Gasteiger partial charge in [0.25, 0.3) is 5.78 Å². The fourth-order valence-electron chi connectivity index (χ4n) is 3.07. The number of carboxylic acids is 1. The minimum absolute atomic E-state index is 0.0224. The molecule has 3 rings (SSSR count). The highest BCUT2D eigenvalue weighted by Gasteiger charge is 2.20. The van der Waals surface area contributed by atoms with Crippen molar-refractivity contribution in [1.82, 2.24) is 0 Å². The number of hydrogen-bond acceptors (Lipinski definition) is 5. The van der Waals surface area contributed by atoms with E-state index in [4.69, 9.17) is 14.6 Å². The van der Waals surface area contributed by atoms with Gasteiger partial charge < -0.3 is 14.6 Å². The number of para-hydroxylation sites is 1. The van der Waals surface area contributed by atoms with Crippen molar-refractivity contribution >= 4 is 17.7 Å². The van der Waals surface area contributed by atoms with Gasteiger partial charge in [0, 0.05) is 6.42 Å². The Morgan fingerprint density at radius 3 is 1.90 bits per heavy atom. The van der Waals surface area contributed by atoms with Crippen molar-refractivity contribution in [3.63, 3.8) is 0 Å². The molecule has 0 aliphatic rings. The van der Waals surface area contributed by atoms with Crippen LogP contribution >= 0.6 is 0 Å². The van der Waals surface area contributed by atoms with Gasteiger partial charge in [-0.3, -0.25) is 9.59 Å². The quantitative estimate of drug-likeness (QED) is 0.226. The van der Waals surface area contributed by atoms with Crippen LogP contribution in [0.2, 0.25) is 0 Å². The van der Waals surface area contributed by atoms with Gasteiger partial charge in [0.15, 0.2) is 6.10 Å². The molecular weight excluding hydrogens is 396 g/mol. The Hall–Kier alpha value is -3.93. The second-order valence-corrected chi connectivity index (χ2v) is 6.77. The second-order valence-electron chi connectivity index (χ2n) is 6.77. The molecule has 0 aliphatic heterocycles. The Labute approximate surface area is 180 Å². The average Bonchev–Trinajstić information content (AvgIpc) is 2.81. The summed E-state index contributed by atoms with van der Waals surface area (Å²) in [6.07, 6.45) is -0.0413. The molecule has 0 spiro atoms. The van der Waals surface area contributed by atoms with Gasteiger partial charge in [0.1, 0.15) is 5.75 Å². The number of benzene rings is 3. The zero-order chi connectivity index (χ0) is 22.1. The molecule has 0 bridgehead atoms. The van der Waals surface area contributed by atoms with E-state index in [2.05, 4.69) is 0 Å². The van der Waals surface area contributed by atoms with E-state index in [1.165, 1.54) is 12.1 Å². The Morgan fingerprint density at radius 2 is 1.32 bits per heavy atom. The van der Waals surface area contributed by atoms with E-state index in [0.717, 1.165) is 11.1 Å². The lowest BCUT2D eigenvalue weighted by molar-refractivity contribution is -0.147. The van der Waals surface area contributed by atoms with E-state index in [1.54, 1.807) is 12.1 Å². The minimum Gasteiger partial charge on any atom is -0.493 e. The molecule has 6 nitrogen and oxygen atoms in total. The van der Waals surface area contributed by atoms with Gasteiger partial charge in [-0.25, -0.2) is 4.79 Å². The summed E-state index contributed by atoms with van der Waals surface area (Å²) in [4.78, 5) is 35.2. The zero-order valence-electron chi connectivity index (χ0n) is 16.8. The molecule has 0 amide bonds. The molecule has 0 saturated carbocycles. The number of rotatable bonds is 10. The number of carboxylic acid groups (broad SMARTS) is 1. The summed E-state index contributed by atoms with van der Waals surface area (Å²) in [5, 5.41) is 8.91. The normalized spacial score (nSPS) is 10.5. The fourth-order valence-corrected chi connectivity index (χ4v) is 3.07. The van der Waals surface area contributed by atoms with Gasteiger partial charge in [-0.15, -0.1) is 0 Å². The molecule has 3 aromatic carbocycles. The maximum atomic E-state index is 12.5. The lowest BCUT2D eigenvalue weighted by Gasteiger charge is -2.19. The summed E-state index contributed by atoms with van der Waals surface area (Å²) in [6, 6.07) is 25.1. The Kier molecular flexibility index (Phi) is 7.54. The lowest BCUT2D eigenvalue weighted by atomic mass is 10.0.